The molecule has 38 heavy (non-hydrogen) atoms. The molecular formula is C30H41FN2O5. The van der Waals surface area contributed by atoms with E-state index in [0.717, 1.165) is 37.7 Å². The monoisotopic (exact) mass is 528 g/mol. The van der Waals surface area contributed by atoms with E-state index in [0.29, 0.717) is 35.9 Å². The highest BCUT2D eigenvalue weighted by Gasteiger charge is 2.26. The number of carbonyl (C=O) groups is 2. The highest BCUT2D eigenvalue weighted by atomic mass is 19.1. The number of amides is 2. The quantitative estimate of drug-likeness (QED) is 0.322. The molecule has 2 aromatic rings. The molecule has 2 amide bonds. The van der Waals surface area contributed by atoms with E-state index in [4.69, 9.17) is 9.47 Å². The Morgan fingerprint density at radius 3 is 2.50 bits per heavy atom. The molecule has 0 aliphatic heterocycles. The molecule has 208 valence electrons. The lowest BCUT2D eigenvalue weighted by atomic mass is 9.94. The number of aryl methyl sites for hydroxylation is 1. The number of nitrogens with one attached hydrogen (secondary N) is 1. The molecule has 8 heteroatoms. The number of urea groups is 1. The smallest absolute Gasteiger partial charge is 0.336 e. The van der Waals surface area contributed by atoms with Gasteiger partial charge in [0.05, 0.1) is 31.0 Å². The summed E-state index contributed by atoms with van der Waals surface area (Å²) in [6.07, 6.45) is 4.35. The number of benzene rings is 2. The van der Waals surface area contributed by atoms with Gasteiger partial charge in [-0.2, -0.15) is 0 Å². The minimum atomic E-state index is -0.941. The van der Waals surface area contributed by atoms with Gasteiger partial charge in [0.1, 0.15) is 5.82 Å². The van der Waals surface area contributed by atoms with Crippen LogP contribution in [0.25, 0.3) is 0 Å². The number of halogens is 1. The third kappa shape index (κ3) is 8.81. The molecule has 1 unspecified atom stereocenters. The molecular weight excluding hydrogens is 487 g/mol. The summed E-state index contributed by atoms with van der Waals surface area (Å²) in [4.78, 5) is 26.5. The van der Waals surface area contributed by atoms with E-state index in [1.807, 2.05) is 13.0 Å². The van der Waals surface area contributed by atoms with Crippen LogP contribution >= 0.6 is 0 Å². The molecule has 1 aliphatic rings. The Morgan fingerprint density at radius 2 is 1.82 bits per heavy atom. The van der Waals surface area contributed by atoms with Gasteiger partial charge in [-0.25, -0.2) is 14.0 Å². The average Bonchev–Trinajstić information content (AvgIpc) is 2.85. The van der Waals surface area contributed by atoms with E-state index in [9.17, 15) is 19.1 Å². The molecule has 7 nitrogen and oxygen atoms in total. The Kier molecular flexibility index (Phi) is 11.1. The Bertz CT molecular complexity index is 1080. The molecule has 0 spiro atoms. The molecule has 0 aromatic heterocycles. The number of hydrogen-bond acceptors (Lipinski definition) is 4. The summed E-state index contributed by atoms with van der Waals surface area (Å²) >= 11 is 0. The number of carboxylic acid groups (broad SMARTS) is 1. The third-order valence-corrected chi connectivity index (χ3v) is 6.99. The molecule has 1 fully saturated rings. The van der Waals surface area contributed by atoms with Crippen molar-refractivity contribution in [3.63, 3.8) is 0 Å². The van der Waals surface area contributed by atoms with Crippen LogP contribution in [0.15, 0.2) is 42.5 Å². The first-order valence-electron chi connectivity index (χ1n) is 13.5. The van der Waals surface area contributed by atoms with E-state index in [-0.39, 0.29) is 30.9 Å². The number of rotatable bonds is 12. The second kappa shape index (κ2) is 14.3. The number of aromatic carboxylic acids is 1. The number of carboxylic acids is 1. The Labute approximate surface area is 225 Å². The Hall–Kier alpha value is -2.97. The third-order valence-electron chi connectivity index (χ3n) is 6.99. The highest BCUT2D eigenvalue weighted by Crippen LogP contribution is 2.26. The van der Waals surface area contributed by atoms with Gasteiger partial charge < -0.3 is 24.8 Å². The van der Waals surface area contributed by atoms with Gasteiger partial charge in [0.2, 0.25) is 0 Å². The number of carbonyl (C=O) groups excluding carboxylic acids is 1. The molecule has 0 bridgehead atoms. The first-order valence-corrected chi connectivity index (χ1v) is 13.5. The molecule has 0 heterocycles. The van der Waals surface area contributed by atoms with Crippen molar-refractivity contribution in [2.75, 3.05) is 18.5 Å². The topological polar surface area (TPSA) is 88.1 Å². The molecule has 1 aliphatic carbocycles. The largest absolute Gasteiger partial charge is 0.478 e. The molecule has 2 aromatic carbocycles. The van der Waals surface area contributed by atoms with Crippen LogP contribution < -0.4 is 5.32 Å². The molecule has 1 saturated carbocycles. The van der Waals surface area contributed by atoms with Gasteiger partial charge >= 0.3 is 12.0 Å². The van der Waals surface area contributed by atoms with Crippen molar-refractivity contribution >= 4 is 17.7 Å². The van der Waals surface area contributed by atoms with Crippen molar-refractivity contribution in [2.45, 2.75) is 84.7 Å². The van der Waals surface area contributed by atoms with Crippen LogP contribution in [-0.2, 0) is 16.1 Å². The molecule has 0 radical (unpaired) electrons. The number of nitrogens with zero attached hydrogens (tertiary/aromatic N) is 1. The van der Waals surface area contributed by atoms with Crippen LogP contribution in [0.5, 0.6) is 0 Å². The molecule has 3 atom stereocenters. The lowest BCUT2D eigenvalue weighted by Crippen LogP contribution is -2.44. The summed E-state index contributed by atoms with van der Waals surface area (Å²) in [6.45, 7) is 9.11. The second-order valence-electron chi connectivity index (χ2n) is 10.6. The standard InChI is InChI=1S/C30H41FN2O5/c1-20(2)16-22(4)33(30(36)32-25-11-6-10-24(31)17-25)14-15-37-26-12-7-13-27(18-26)38-19-23-9-5-8-21(3)28(23)29(34)35/h5-6,8-11,17,20,22,26-27H,7,12-16,18-19H2,1-4H3,(H,32,36)(H,34,35)/t22?,26-,27+/m0/s1. The first-order chi connectivity index (χ1) is 18.1. The summed E-state index contributed by atoms with van der Waals surface area (Å²) in [5, 5.41) is 12.4. The zero-order chi connectivity index (χ0) is 27.7. The highest BCUT2D eigenvalue weighted by molar-refractivity contribution is 5.91. The normalized spacial score (nSPS) is 18.3. The van der Waals surface area contributed by atoms with Crippen molar-refractivity contribution in [3.05, 3.63) is 65.0 Å². The van der Waals surface area contributed by atoms with Crippen molar-refractivity contribution in [3.8, 4) is 0 Å². The van der Waals surface area contributed by atoms with Crippen LogP contribution in [0, 0.1) is 18.7 Å². The number of anilines is 1. The zero-order valence-electron chi connectivity index (χ0n) is 22.9. The van der Waals surface area contributed by atoms with E-state index >= 15 is 0 Å². The van der Waals surface area contributed by atoms with Crippen LogP contribution in [-0.4, -0.2) is 53.4 Å². The molecule has 2 N–H and O–H groups in total. The lowest BCUT2D eigenvalue weighted by molar-refractivity contribution is -0.0532. The van der Waals surface area contributed by atoms with Crippen molar-refractivity contribution in [2.24, 2.45) is 5.92 Å². The van der Waals surface area contributed by atoms with E-state index in [1.165, 1.54) is 12.1 Å². The SMILES string of the molecule is Cc1cccc(CO[C@@H]2CCC[C@H](OCCN(C(=O)Nc3cccc(F)c3)C(C)CC(C)C)C2)c1C(=O)O. The maximum Gasteiger partial charge on any atom is 0.336 e. The minimum absolute atomic E-state index is 0.00708. The average molecular weight is 529 g/mol. The predicted molar refractivity (Wildman–Crippen MR) is 146 cm³/mol. The number of hydrogen-bond donors (Lipinski definition) is 2. The molecule has 3 rings (SSSR count). The van der Waals surface area contributed by atoms with Crippen LogP contribution in [0.3, 0.4) is 0 Å². The minimum Gasteiger partial charge on any atom is -0.478 e. The fraction of sp³-hybridized carbons (Fsp3) is 0.533. The molecule has 0 saturated heterocycles. The fourth-order valence-electron chi connectivity index (χ4n) is 5.18. The van der Waals surface area contributed by atoms with E-state index in [1.54, 1.807) is 36.1 Å². The van der Waals surface area contributed by atoms with E-state index in [2.05, 4.69) is 19.2 Å². The van der Waals surface area contributed by atoms with Crippen LogP contribution in [0.2, 0.25) is 0 Å². The van der Waals surface area contributed by atoms with Gasteiger partial charge in [0.15, 0.2) is 0 Å². The summed E-state index contributed by atoms with van der Waals surface area (Å²) in [5.41, 5.74) is 2.13. The zero-order valence-corrected chi connectivity index (χ0v) is 22.9. The fourth-order valence-corrected chi connectivity index (χ4v) is 5.18. The Morgan fingerprint density at radius 1 is 1.11 bits per heavy atom. The summed E-state index contributed by atoms with van der Waals surface area (Å²) in [6, 6.07) is 11.0. The number of ether oxygens (including phenoxy) is 2. The second-order valence-corrected chi connectivity index (χ2v) is 10.6. The van der Waals surface area contributed by atoms with Gasteiger partial charge in [0, 0.05) is 18.3 Å². The van der Waals surface area contributed by atoms with Crippen molar-refractivity contribution < 1.29 is 28.6 Å². The van der Waals surface area contributed by atoms with Crippen molar-refractivity contribution in [1.82, 2.24) is 4.90 Å². The maximum atomic E-state index is 13.6. The first kappa shape index (κ1) is 29.6. The van der Waals surface area contributed by atoms with Gasteiger partial charge in [-0.3, -0.25) is 0 Å². The Balaban J connectivity index is 1.53. The summed E-state index contributed by atoms with van der Waals surface area (Å²) in [7, 11) is 0. The van der Waals surface area contributed by atoms with Gasteiger partial charge in [-0.15, -0.1) is 0 Å². The maximum absolute atomic E-state index is 13.6. The predicted octanol–water partition coefficient (Wildman–Crippen LogP) is 6.65. The summed E-state index contributed by atoms with van der Waals surface area (Å²) < 4.78 is 25.9. The van der Waals surface area contributed by atoms with Crippen molar-refractivity contribution in [1.29, 1.82) is 0 Å². The summed E-state index contributed by atoms with van der Waals surface area (Å²) in [5.74, 6) is -0.922. The van der Waals surface area contributed by atoms with E-state index < -0.39 is 11.8 Å². The van der Waals surface area contributed by atoms with Crippen LogP contribution in [0.4, 0.5) is 14.9 Å². The lowest BCUT2D eigenvalue weighted by Gasteiger charge is -2.33. The van der Waals surface area contributed by atoms with Crippen LogP contribution in [0.1, 0.15) is 74.4 Å². The van der Waals surface area contributed by atoms with Gasteiger partial charge in [-0.1, -0.05) is 38.1 Å². The van der Waals surface area contributed by atoms with Gasteiger partial charge in [0.25, 0.3) is 0 Å². The van der Waals surface area contributed by atoms with Gasteiger partial charge in [-0.05, 0) is 81.2 Å².